The lowest BCUT2D eigenvalue weighted by atomic mass is 10.2. The molecule has 21 heavy (non-hydrogen) atoms. The molecule has 0 radical (unpaired) electrons. The largest absolute Gasteiger partial charge is 0.340 e. The summed E-state index contributed by atoms with van der Waals surface area (Å²) < 4.78 is 4.69. The minimum atomic E-state index is 1.04. The van der Waals surface area contributed by atoms with Crippen molar-refractivity contribution in [3.8, 4) is 0 Å². The Morgan fingerprint density at radius 2 is 1.43 bits per heavy atom. The highest BCUT2D eigenvalue weighted by Crippen LogP contribution is 2.33. The van der Waals surface area contributed by atoms with E-state index in [2.05, 4.69) is 91.8 Å². The normalized spacial score (nSPS) is 11.9. The Hall–Kier alpha value is -0.840. The third-order valence-electron chi connectivity index (χ3n) is 3.78. The smallest absolute Gasteiger partial charge is 0.0492 e. The van der Waals surface area contributed by atoms with Crippen LogP contribution in [0, 0.1) is 0 Å². The molecule has 0 saturated heterocycles. The van der Waals surface area contributed by atoms with Crippen molar-refractivity contribution >= 4 is 53.7 Å². The molecular formula is C17H18Br2N2. The number of halogens is 2. The first-order valence-corrected chi connectivity index (χ1v) is 8.66. The quantitative estimate of drug-likeness (QED) is 0.569. The van der Waals surface area contributed by atoms with Crippen molar-refractivity contribution in [3.05, 3.63) is 45.3 Å². The minimum Gasteiger partial charge on any atom is -0.340 e. The molecule has 0 aliphatic heterocycles. The molecule has 0 N–H and O–H groups in total. The summed E-state index contributed by atoms with van der Waals surface area (Å²) in [4.78, 5) is 2.24. The number of hydrogen-bond acceptors (Lipinski definition) is 1. The molecule has 1 heterocycles. The fraction of sp³-hybridized carbons (Fsp3) is 0.294. The molecule has 2 aromatic carbocycles. The number of aryl methyl sites for hydroxylation is 1. The van der Waals surface area contributed by atoms with E-state index in [1.807, 2.05) is 0 Å². The molecule has 3 aromatic rings. The number of benzene rings is 2. The molecule has 0 atom stereocenters. The molecule has 0 unspecified atom stereocenters. The Bertz CT molecular complexity index is 731. The van der Waals surface area contributed by atoms with Gasteiger partial charge >= 0.3 is 0 Å². The maximum absolute atomic E-state index is 3.59. The van der Waals surface area contributed by atoms with Gasteiger partial charge in [0.05, 0.1) is 0 Å². The SMILES string of the molecule is CN(C)CCCn1c2ccc(Br)cc2c2cc(Br)ccc21. The first-order valence-electron chi connectivity index (χ1n) is 7.08. The van der Waals surface area contributed by atoms with E-state index in [1.54, 1.807) is 0 Å². The predicted molar refractivity (Wildman–Crippen MR) is 98.0 cm³/mol. The molecule has 0 fully saturated rings. The summed E-state index contributed by atoms with van der Waals surface area (Å²) in [5, 5.41) is 2.62. The average molecular weight is 410 g/mol. The van der Waals surface area contributed by atoms with E-state index in [9.17, 15) is 0 Å². The molecule has 0 amide bonds. The van der Waals surface area contributed by atoms with E-state index in [1.165, 1.54) is 21.8 Å². The zero-order chi connectivity index (χ0) is 15.0. The Balaban J connectivity index is 2.15. The first kappa shape index (κ1) is 15.1. The van der Waals surface area contributed by atoms with Gasteiger partial charge in [0.25, 0.3) is 0 Å². The maximum Gasteiger partial charge on any atom is 0.0492 e. The van der Waals surface area contributed by atoms with Gasteiger partial charge in [0, 0.05) is 37.3 Å². The van der Waals surface area contributed by atoms with Crippen LogP contribution >= 0.6 is 31.9 Å². The highest BCUT2D eigenvalue weighted by Gasteiger charge is 2.11. The van der Waals surface area contributed by atoms with Gasteiger partial charge in [0.2, 0.25) is 0 Å². The van der Waals surface area contributed by atoms with Crippen LogP contribution < -0.4 is 0 Å². The molecule has 1 aromatic heterocycles. The molecule has 2 nitrogen and oxygen atoms in total. The van der Waals surface area contributed by atoms with Crippen molar-refractivity contribution in [2.24, 2.45) is 0 Å². The molecule has 0 spiro atoms. The number of fused-ring (bicyclic) bond motifs is 3. The van der Waals surface area contributed by atoms with Gasteiger partial charge in [0.1, 0.15) is 0 Å². The third kappa shape index (κ3) is 3.03. The fourth-order valence-electron chi connectivity index (χ4n) is 2.83. The van der Waals surface area contributed by atoms with Crippen molar-refractivity contribution in [2.45, 2.75) is 13.0 Å². The van der Waals surface area contributed by atoms with Gasteiger partial charge in [-0.15, -0.1) is 0 Å². The van der Waals surface area contributed by atoms with Crippen LogP contribution in [0.4, 0.5) is 0 Å². The summed E-state index contributed by atoms with van der Waals surface area (Å²) in [6, 6.07) is 13.1. The molecule has 3 rings (SSSR count). The number of nitrogens with zero attached hydrogens (tertiary/aromatic N) is 2. The summed E-state index contributed by atoms with van der Waals surface area (Å²) >= 11 is 7.18. The molecule has 4 heteroatoms. The number of aromatic nitrogens is 1. The summed E-state index contributed by atoms with van der Waals surface area (Å²) in [7, 11) is 4.25. The van der Waals surface area contributed by atoms with Gasteiger partial charge in [-0.3, -0.25) is 0 Å². The monoisotopic (exact) mass is 408 g/mol. The van der Waals surface area contributed by atoms with Crippen molar-refractivity contribution < 1.29 is 0 Å². The van der Waals surface area contributed by atoms with E-state index in [0.717, 1.165) is 28.5 Å². The Labute approximate surface area is 142 Å². The zero-order valence-electron chi connectivity index (χ0n) is 12.2. The van der Waals surface area contributed by atoms with Crippen LogP contribution in [0.3, 0.4) is 0 Å². The Morgan fingerprint density at radius 3 is 1.90 bits per heavy atom. The van der Waals surface area contributed by atoms with Crippen LogP contribution in [0.15, 0.2) is 45.3 Å². The van der Waals surface area contributed by atoms with Crippen molar-refractivity contribution in [1.82, 2.24) is 9.47 Å². The van der Waals surface area contributed by atoms with E-state index < -0.39 is 0 Å². The summed E-state index contributed by atoms with van der Waals surface area (Å²) in [6.45, 7) is 2.15. The number of hydrogen-bond donors (Lipinski definition) is 0. The van der Waals surface area contributed by atoms with Gasteiger partial charge in [-0.25, -0.2) is 0 Å². The molecule has 0 bridgehead atoms. The summed E-state index contributed by atoms with van der Waals surface area (Å²) in [5.41, 5.74) is 2.62. The maximum atomic E-state index is 3.59. The van der Waals surface area contributed by atoms with Crippen molar-refractivity contribution in [1.29, 1.82) is 0 Å². The lowest BCUT2D eigenvalue weighted by molar-refractivity contribution is 0.389. The van der Waals surface area contributed by atoms with Gasteiger partial charge < -0.3 is 9.47 Å². The van der Waals surface area contributed by atoms with Crippen LogP contribution in [0.25, 0.3) is 21.8 Å². The second-order valence-corrected chi connectivity index (χ2v) is 7.46. The molecule has 0 saturated carbocycles. The van der Waals surface area contributed by atoms with Gasteiger partial charge in [-0.05, 0) is 63.5 Å². The Kier molecular flexibility index (Phi) is 4.38. The molecule has 110 valence electrons. The second kappa shape index (κ2) is 6.11. The van der Waals surface area contributed by atoms with Crippen LogP contribution in [-0.4, -0.2) is 30.1 Å². The summed E-state index contributed by atoms with van der Waals surface area (Å²) in [5.74, 6) is 0. The second-order valence-electron chi connectivity index (χ2n) is 5.63. The summed E-state index contributed by atoms with van der Waals surface area (Å²) in [6.07, 6.45) is 1.15. The van der Waals surface area contributed by atoms with Crippen molar-refractivity contribution in [3.63, 3.8) is 0 Å². The first-order chi connectivity index (χ1) is 10.1. The molecule has 0 aliphatic rings. The van der Waals surface area contributed by atoms with E-state index in [-0.39, 0.29) is 0 Å². The standard InChI is InChI=1S/C17H18Br2N2/c1-20(2)8-3-9-21-16-6-4-12(18)10-14(16)15-11-13(19)5-7-17(15)21/h4-7,10-11H,3,8-9H2,1-2H3. The molecular weight excluding hydrogens is 392 g/mol. The fourth-order valence-corrected chi connectivity index (χ4v) is 3.56. The topological polar surface area (TPSA) is 8.17 Å². The highest BCUT2D eigenvalue weighted by atomic mass is 79.9. The van der Waals surface area contributed by atoms with E-state index in [4.69, 9.17) is 0 Å². The van der Waals surface area contributed by atoms with Crippen molar-refractivity contribution in [2.75, 3.05) is 20.6 Å². The average Bonchev–Trinajstić information content (AvgIpc) is 2.72. The predicted octanol–water partition coefficient (Wildman–Crippen LogP) is 5.27. The Morgan fingerprint density at radius 1 is 0.905 bits per heavy atom. The lowest BCUT2D eigenvalue weighted by Crippen LogP contribution is -2.15. The third-order valence-corrected chi connectivity index (χ3v) is 4.76. The van der Waals surface area contributed by atoms with Crippen LogP contribution in [0.1, 0.15) is 6.42 Å². The minimum absolute atomic E-state index is 1.04. The van der Waals surface area contributed by atoms with E-state index >= 15 is 0 Å². The lowest BCUT2D eigenvalue weighted by Gasteiger charge is -2.11. The zero-order valence-corrected chi connectivity index (χ0v) is 15.4. The van der Waals surface area contributed by atoms with Crippen LogP contribution in [-0.2, 0) is 6.54 Å². The number of rotatable bonds is 4. The van der Waals surface area contributed by atoms with Gasteiger partial charge in [-0.1, -0.05) is 31.9 Å². The van der Waals surface area contributed by atoms with Gasteiger partial charge in [0.15, 0.2) is 0 Å². The van der Waals surface area contributed by atoms with E-state index in [0.29, 0.717) is 0 Å². The highest BCUT2D eigenvalue weighted by molar-refractivity contribution is 9.10. The molecule has 0 aliphatic carbocycles. The van der Waals surface area contributed by atoms with Gasteiger partial charge in [-0.2, -0.15) is 0 Å². The van der Waals surface area contributed by atoms with Crippen LogP contribution in [0.5, 0.6) is 0 Å². The van der Waals surface area contributed by atoms with Crippen LogP contribution in [0.2, 0.25) is 0 Å².